The molecule has 0 atom stereocenters. The Bertz CT molecular complexity index is 704. The summed E-state index contributed by atoms with van der Waals surface area (Å²) in [6.07, 6.45) is 7.70. The van der Waals surface area contributed by atoms with E-state index in [-0.39, 0.29) is 0 Å². The Kier molecular flexibility index (Phi) is 4.90. The van der Waals surface area contributed by atoms with Gasteiger partial charge >= 0.3 is 0 Å². The van der Waals surface area contributed by atoms with Gasteiger partial charge in [0.25, 0.3) is 0 Å². The summed E-state index contributed by atoms with van der Waals surface area (Å²) in [4.78, 5) is 10.6. The van der Waals surface area contributed by atoms with Crippen molar-refractivity contribution < 1.29 is 0 Å². The summed E-state index contributed by atoms with van der Waals surface area (Å²) >= 11 is 0. The van der Waals surface area contributed by atoms with E-state index in [4.69, 9.17) is 5.26 Å². The number of anilines is 1. The third-order valence-corrected chi connectivity index (χ3v) is 3.59. The average molecular weight is 292 g/mol. The van der Waals surface area contributed by atoms with Gasteiger partial charge in [-0.2, -0.15) is 5.26 Å². The van der Waals surface area contributed by atoms with Gasteiger partial charge in [0.05, 0.1) is 11.9 Å². The van der Waals surface area contributed by atoms with Gasteiger partial charge in [-0.05, 0) is 50.0 Å². The molecule has 0 unspecified atom stereocenters. The van der Waals surface area contributed by atoms with Crippen LogP contribution < -0.4 is 4.90 Å². The van der Waals surface area contributed by atoms with Crippen LogP contribution in [0.1, 0.15) is 25.8 Å². The molecule has 0 saturated carbocycles. The van der Waals surface area contributed by atoms with Crippen LogP contribution >= 0.6 is 0 Å². The van der Waals surface area contributed by atoms with Gasteiger partial charge in [-0.1, -0.05) is 13.2 Å². The number of hydrogen-bond donors (Lipinski definition) is 0. The van der Waals surface area contributed by atoms with Crippen molar-refractivity contribution in [3.63, 3.8) is 0 Å². The molecule has 1 aliphatic heterocycles. The van der Waals surface area contributed by atoms with Crippen LogP contribution in [0.3, 0.4) is 0 Å². The lowest BCUT2D eigenvalue weighted by Gasteiger charge is -2.32. The molecule has 0 aromatic carbocycles. The first-order chi connectivity index (χ1) is 10.5. The number of fused-ring (bicyclic) bond motifs is 1. The molecule has 2 rings (SSSR count). The molecule has 0 radical (unpaired) electrons. The summed E-state index contributed by atoms with van der Waals surface area (Å²) in [6.45, 7) is 12.7. The summed E-state index contributed by atoms with van der Waals surface area (Å²) < 4.78 is 0. The number of aryl methyl sites for hydroxylation is 1. The van der Waals surface area contributed by atoms with E-state index in [0.29, 0.717) is 5.71 Å². The van der Waals surface area contributed by atoms with Crippen molar-refractivity contribution in [2.45, 2.75) is 26.7 Å². The first-order valence-electron chi connectivity index (χ1n) is 7.25. The quantitative estimate of drug-likeness (QED) is 0.626. The molecule has 0 amide bonds. The second-order valence-corrected chi connectivity index (χ2v) is 5.33. The second kappa shape index (κ2) is 6.86. The van der Waals surface area contributed by atoms with Crippen molar-refractivity contribution in [2.75, 3.05) is 11.4 Å². The maximum atomic E-state index is 8.78. The summed E-state index contributed by atoms with van der Waals surface area (Å²) in [5.41, 5.74) is 5.20. The highest BCUT2D eigenvalue weighted by molar-refractivity contribution is 5.96. The molecule has 0 aliphatic carbocycles. The number of rotatable bonds is 4. The van der Waals surface area contributed by atoms with Crippen LogP contribution in [0.4, 0.5) is 5.69 Å². The monoisotopic (exact) mass is 292 g/mol. The van der Waals surface area contributed by atoms with E-state index in [1.54, 1.807) is 6.92 Å². The Morgan fingerprint density at radius 2 is 2.23 bits per heavy atom. The van der Waals surface area contributed by atoms with Crippen molar-refractivity contribution in [1.82, 2.24) is 4.98 Å². The topological polar surface area (TPSA) is 52.3 Å². The maximum Gasteiger partial charge on any atom is 0.115 e. The molecule has 0 saturated heterocycles. The van der Waals surface area contributed by atoms with Gasteiger partial charge in [0.15, 0.2) is 0 Å². The fourth-order valence-corrected chi connectivity index (χ4v) is 2.53. The van der Waals surface area contributed by atoms with Gasteiger partial charge in [-0.15, -0.1) is 0 Å². The van der Waals surface area contributed by atoms with E-state index in [1.807, 2.05) is 31.5 Å². The predicted molar refractivity (Wildman–Crippen MR) is 90.7 cm³/mol. The minimum Gasteiger partial charge on any atom is -0.340 e. The van der Waals surface area contributed by atoms with Crippen LogP contribution in [0, 0.1) is 11.3 Å². The number of hydrogen-bond acceptors (Lipinski definition) is 4. The van der Waals surface area contributed by atoms with Crippen molar-refractivity contribution in [1.29, 1.82) is 5.26 Å². The fourth-order valence-electron chi connectivity index (χ4n) is 2.53. The zero-order chi connectivity index (χ0) is 16.1. The van der Waals surface area contributed by atoms with Gasteiger partial charge in [0.2, 0.25) is 0 Å². The number of aromatic nitrogens is 1. The summed E-state index contributed by atoms with van der Waals surface area (Å²) in [5, 5.41) is 8.78. The highest BCUT2D eigenvalue weighted by Gasteiger charge is 2.19. The minimum absolute atomic E-state index is 0.430. The number of nitrogens with zero attached hydrogens (tertiary/aromatic N) is 4. The molecule has 1 aromatic heterocycles. The molecule has 0 spiro atoms. The van der Waals surface area contributed by atoms with Gasteiger partial charge < -0.3 is 4.90 Å². The van der Waals surface area contributed by atoms with E-state index >= 15 is 0 Å². The van der Waals surface area contributed by atoms with Gasteiger partial charge in [0.1, 0.15) is 11.8 Å². The molecule has 0 bridgehead atoms. The third-order valence-electron chi connectivity index (χ3n) is 3.59. The fraction of sp³-hybridized carbons (Fsp3) is 0.278. The number of nitriles is 1. The standard InChI is InChI=1S/C18H20N4/c1-13(10-14(2)21-15(3)11-19)16(4)22-9-5-6-17-7-8-20-12-18(17)22/h7-8,10,12H,1,4-6,9H2,2-3H3/b14-10-,21-15?. The van der Waals surface area contributed by atoms with E-state index in [0.717, 1.165) is 42.0 Å². The first-order valence-corrected chi connectivity index (χ1v) is 7.25. The number of allylic oxidation sites excluding steroid dienone is 2. The van der Waals surface area contributed by atoms with Crippen molar-refractivity contribution in [3.8, 4) is 6.07 Å². The minimum atomic E-state index is 0.430. The highest BCUT2D eigenvalue weighted by Crippen LogP contribution is 2.30. The highest BCUT2D eigenvalue weighted by atomic mass is 15.2. The molecule has 1 aromatic rings. The van der Waals surface area contributed by atoms with Crippen molar-refractivity contribution >= 4 is 11.4 Å². The van der Waals surface area contributed by atoms with Gasteiger partial charge in [-0.25, -0.2) is 4.99 Å². The Balaban J connectivity index is 2.21. The van der Waals surface area contributed by atoms with Crippen LogP contribution in [-0.4, -0.2) is 17.2 Å². The van der Waals surface area contributed by atoms with E-state index in [9.17, 15) is 0 Å². The third kappa shape index (κ3) is 3.50. The van der Waals surface area contributed by atoms with Gasteiger partial charge in [0, 0.05) is 24.1 Å². The second-order valence-electron chi connectivity index (χ2n) is 5.33. The Morgan fingerprint density at radius 3 is 2.95 bits per heavy atom. The summed E-state index contributed by atoms with van der Waals surface area (Å²) in [7, 11) is 0. The molecule has 2 heterocycles. The zero-order valence-electron chi connectivity index (χ0n) is 13.1. The normalized spacial score (nSPS) is 15.0. The lowest BCUT2D eigenvalue weighted by molar-refractivity contribution is 0.746. The summed E-state index contributed by atoms with van der Waals surface area (Å²) in [6, 6.07) is 4.07. The molecule has 0 N–H and O–H groups in total. The number of aliphatic imine (C=N–C) groups is 1. The van der Waals surface area contributed by atoms with Crippen molar-refractivity contribution in [3.05, 3.63) is 60.2 Å². The predicted octanol–water partition coefficient (Wildman–Crippen LogP) is 3.79. The van der Waals surface area contributed by atoms with Crippen LogP contribution in [0.25, 0.3) is 0 Å². The lowest BCUT2D eigenvalue weighted by Crippen LogP contribution is -2.28. The van der Waals surface area contributed by atoms with Crippen LogP contribution in [-0.2, 0) is 6.42 Å². The first kappa shape index (κ1) is 15.7. The molecule has 112 valence electrons. The van der Waals surface area contributed by atoms with Crippen LogP contribution in [0.15, 0.2) is 59.7 Å². The SMILES string of the molecule is C=C(/C=C(/C)N=C(C)C#N)C(=C)N1CCCc2ccncc21. The molecule has 0 fully saturated rings. The van der Waals surface area contributed by atoms with Crippen LogP contribution in [0.5, 0.6) is 0 Å². The largest absolute Gasteiger partial charge is 0.340 e. The molecule has 4 nitrogen and oxygen atoms in total. The van der Waals surface area contributed by atoms with E-state index < -0.39 is 0 Å². The van der Waals surface area contributed by atoms with E-state index in [1.165, 1.54) is 5.56 Å². The number of pyridine rings is 1. The lowest BCUT2D eigenvalue weighted by atomic mass is 10.0. The Labute approximate surface area is 131 Å². The molecule has 22 heavy (non-hydrogen) atoms. The maximum absolute atomic E-state index is 8.78. The molecular weight excluding hydrogens is 272 g/mol. The Hall–Kier alpha value is -2.67. The zero-order valence-corrected chi connectivity index (χ0v) is 13.1. The molecule has 1 aliphatic rings. The van der Waals surface area contributed by atoms with Crippen molar-refractivity contribution in [2.24, 2.45) is 4.99 Å². The average Bonchev–Trinajstić information content (AvgIpc) is 2.53. The van der Waals surface area contributed by atoms with Crippen LogP contribution in [0.2, 0.25) is 0 Å². The van der Waals surface area contributed by atoms with E-state index in [2.05, 4.69) is 34.1 Å². The molecular formula is C18H20N4. The summed E-state index contributed by atoms with van der Waals surface area (Å²) in [5.74, 6) is 0. The smallest absolute Gasteiger partial charge is 0.115 e. The Morgan fingerprint density at radius 1 is 1.45 bits per heavy atom. The van der Waals surface area contributed by atoms with Gasteiger partial charge in [-0.3, -0.25) is 4.98 Å². The molecule has 4 heteroatoms.